The van der Waals surface area contributed by atoms with E-state index in [2.05, 4.69) is 27.7 Å². The van der Waals surface area contributed by atoms with E-state index in [0.29, 0.717) is 31.5 Å². The van der Waals surface area contributed by atoms with Gasteiger partial charge in [0.15, 0.2) is 0 Å². The van der Waals surface area contributed by atoms with Crippen LogP contribution in [0.2, 0.25) is 0 Å². The van der Waals surface area contributed by atoms with Crippen LogP contribution in [0.1, 0.15) is 105 Å². The molecule has 0 radical (unpaired) electrons. The lowest BCUT2D eigenvalue weighted by Crippen LogP contribution is -2.25. The van der Waals surface area contributed by atoms with Gasteiger partial charge in [-0.1, -0.05) is 79.1 Å². The van der Waals surface area contributed by atoms with Crippen molar-refractivity contribution in [3.05, 3.63) is 0 Å². The lowest BCUT2D eigenvalue weighted by Gasteiger charge is -2.23. The molecule has 0 saturated heterocycles. The van der Waals surface area contributed by atoms with Gasteiger partial charge in [-0.05, 0) is 24.7 Å². The number of carbonyl (C=O) groups is 2. The fraction of sp³-hybridized carbons (Fsp3) is 0.920. The van der Waals surface area contributed by atoms with E-state index in [4.69, 9.17) is 14.2 Å². The van der Waals surface area contributed by atoms with Crippen LogP contribution in [0.15, 0.2) is 0 Å². The van der Waals surface area contributed by atoms with Crippen LogP contribution in [0.4, 0.5) is 0 Å². The zero-order valence-electron chi connectivity index (χ0n) is 20.4. The fourth-order valence-electron chi connectivity index (χ4n) is 3.56. The van der Waals surface area contributed by atoms with Gasteiger partial charge in [0.1, 0.15) is 0 Å². The van der Waals surface area contributed by atoms with Gasteiger partial charge in [-0.3, -0.25) is 9.59 Å². The second kappa shape index (κ2) is 19.8. The SMILES string of the molecule is CCCCCCCCC(=O)OCC(COC)CC(=O)OCC(CCCC)C(C)CC. The number of unbranched alkanes of at least 4 members (excludes halogenated alkanes) is 6. The van der Waals surface area contributed by atoms with E-state index in [0.717, 1.165) is 38.5 Å². The summed E-state index contributed by atoms with van der Waals surface area (Å²) in [5, 5.41) is 0. The van der Waals surface area contributed by atoms with Crippen LogP contribution in [0.25, 0.3) is 0 Å². The minimum atomic E-state index is -0.228. The lowest BCUT2D eigenvalue weighted by atomic mass is 9.88. The Morgan fingerprint density at radius 2 is 1.40 bits per heavy atom. The topological polar surface area (TPSA) is 61.8 Å². The molecule has 0 aliphatic heterocycles. The first-order valence-corrected chi connectivity index (χ1v) is 12.3. The molecule has 0 heterocycles. The number of hydrogen-bond donors (Lipinski definition) is 0. The van der Waals surface area contributed by atoms with Gasteiger partial charge in [0, 0.05) is 19.4 Å². The van der Waals surface area contributed by atoms with Crippen molar-refractivity contribution in [2.24, 2.45) is 17.8 Å². The molecule has 0 aromatic rings. The minimum Gasteiger partial charge on any atom is -0.465 e. The Labute approximate surface area is 185 Å². The molecule has 3 unspecified atom stereocenters. The van der Waals surface area contributed by atoms with Gasteiger partial charge < -0.3 is 14.2 Å². The first-order valence-electron chi connectivity index (χ1n) is 12.3. The highest BCUT2D eigenvalue weighted by Crippen LogP contribution is 2.22. The van der Waals surface area contributed by atoms with Crippen LogP contribution >= 0.6 is 0 Å². The predicted molar refractivity (Wildman–Crippen MR) is 122 cm³/mol. The molecule has 0 bridgehead atoms. The number of carbonyl (C=O) groups excluding carboxylic acids is 2. The maximum atomic E-state index is 12.3. The summed E-state index contributed by atoms with van der Waals surface area (Å²) in [7, 11) is 1.60. The van der Waals surface area contributed by atoms with Gasteiger partial charge >= 0.3 is 11.9 Å². The van der Waals surface area contributed by atoms with Gasteiger partial charge in [0.05, 0.1) is 26.2 Å². The molecule has 0 aromatic heterocycles. The second-order valence-corrected chi connectivity index (χ2v) is 8.70. The number of hydrogen-bond acceptors (Lipinski definition) is 5. The largest absolute Gasteiger partial charge is 0.465 e. The minimum absolute atomic E-state index is 0.159. The summed E-state index contributed by atoms with van der Waals surface area (Å²) in [6, 6.07) is 0. The molecule has 0 spiro atoms. The Morgan fingerprint density at radius 1 is 0.767 bits per heavy atom. The molecule has 3 atom stereocenters. The third-order valence-electron chi connectivity index (χ3n) is 5.91. The van der Waals surface area contributed by atoms with Crippen molar-refractivity contribution in [3.8, 4) is 0 Å². The van der Waals surface area contributed by atoms with Crippen molar-refractivity contribution in [3.63, 3.8) is 0 Å². The normalized spacial score (nSPS) is 14.2. The molecule has 30 heavy (non-hydrogen) atoms. The summed E-state index contributed by atoms with van der Waals surface area (Å²) in [6.45, 7) is 9.85. The summed E-state index contributed by atoms with van der Waals surface area (Å²) in [5.74, 6) is 0.385. The Kier molecular flexibility index (Phi) is 19.1. The predicted octanol–water partition coefficient (Wildman–Crippen LogP) is 6.33. The van der Waals surface area contributed by atoms with E-state index in [1.54, 1.807) is 7.11 Å². The van der Waals surface area contributed by atoms with E-state index in [9.17, 15) is 9.59 Å². The summed E-state index contributed by atoms with van der Waals surface area (Å²) in [4.78, 5) is 24.3. The Balaban J connectivity index is 4.23. The second-order valence-electron chi connectivity index (χ2n) is 8.70. The molecule has 0 N–H and O–H groups in total. The molecule has 0 rings (SSSR count). The number of methoxy groups -OCH3 is 1. The van der Waals surface area contributed by atoms with Crippen LogP contribution in [-0.2, 0) is 23.8 Å². The van der Waals surface area contributed by atoms with Crippen LogP contribution in [0.3, 0.4) is 0 Å². The molecule has 0 aliphatic rings. The smallest absolute Gasteiger partial charge is 0.306 e. The number of rotatable bonds is 20. The monoisotopic (exact) mass is 428 g/mol. The molecule has 5 heteroatoms. The molecule has 0 saturated carbocycles. The Hall–Kier alpha value is -1.10. The van der Waals surface area contributed by atoms with Crippen molar-refractivity contribution >= 4 is 11.9 Å². The average Bonchev–Trinajstić information content (AvgIpc) is 2.74. The van der Waals surface area contributed by atoms with E-state index in [1.165, 1.54) is 25.7 Å². The van der Waals surface area contributed by atoms with Crippen molar-refractivity contribution in [1.82, 2.24) is 0 Å². The molecular formula is C25H48O5. The van der Waals surface area contributed by atoms with Crippen LogP contribution < -0.4 is 0 Å². The van der Waals surface area contributed by atoms with Gasteiger partial charge in [-0.25, -0.2) is 0 Å². The van der Waals surface area contributed by atoms with Crippen molar-refractivity contribution in [2.45, 2.75) is 105 Å². The third kappa shape index (κ3) is 15.7. The molecule has 178 valence electrons. The van der Waals surface area contributed by atoms with Gasteiger partial charge in [-0.2, -0.15) is 0 Å². The van der Waals surface area contributed by atoms with Gasteiger partial charge in [0.2, 0.25) is 0 Å². The highest BCUT2D eigenvalue weighted by atomic mass is 16.5. The molecule has 5 nitrogen and oxygen atoms in total. The average molecular weight is 429 g/mol. The molecule has 0 fully saturated rings. The standard InChI is InChI=1S/C25H48O5/c1-6-9-11-12-13-14-16-24(26)29-19-22(18-28-5)17-25(27)30-20-23(15-10-7-2)21(4)8-3/h21-23H,6-20H2,1-5H3. The van der Waals surface area contributed by atoms with Crippen LogP contribution in [-0.4, -0.2) is 38.9 Å². The Bertz CT molecular complexity index is 424. The zero-order chi connectivity index (χ0) is 22.6. The highest BCUT2D eigenvalue weighted by Gasteiger charge is 2.21. The summed E-state index contributed by atoms with van der Waals surface area (Å²) < 4.78 is 16.2. The lowest BCUT2D eigenvalue weighted by molar-refractivity contribution is -0.152. The molecule has 0 aromatic carbocycles. The first-order chi connectivity index (χ1) is 14.5. The third-order valence-corrected chi connectivity index (χ3v) is 5.91. The number of esters is 2. The summed E-state index contributed by atoms with van der Waals surface area (Å²) >= 11 is 0. The van der Waals surface area contributed by atoms with Crippen LogP contribution in [0.5, 0.6) is 0 Å². The van der Waals surface area contributed by atoms with E-state index in [-0.39, 0.29) is 30.9 Å². The van der Waals surface area contributed by atoms with Crippen molar-refractivity contribution in [2.75, 3.05) is 26.9 Å². The highest BCUT2D eigenvalue weighted by molar-refractivity contribution is 5.70. The van der Waals surface area contributed by atoms with Gasteiger partial charge in [0.25, 0.3) is 0 Å². The molecule has 0 aliphatic carbocycles. The zero-order valence-corrected chi connectivity index (χ0v) is 20.4. The first kappa shape index (κ1) is 28.9. The molecular weight excluding hydrogens is 380 g/mol. The Morgan fingerprint density at radius 3 is 2.03 bits per heavy atom. The van der Waals surface area contributed by atoms with E-state index >= 15 is 0 Å². The van der Waals surface area contributed by atoms with E-state index < -0.39 is 0 Å². The van der Waals surface area contributed by atoms with Gasteiger partial charge in [-0.15, -0.1) is 0 Å². The summed E-state index contributed by atoms with van der Waals surface area (Å²) in [5.41, 5.74) is 0. The quantitative estimate of drug-likeness (QED) is 0.167. The summed E-state index contributed by atoms with van der Waals surface area (Å²) in [6.07, 6.45) is 12.0. The number of ether oxygens (including phenoxy) is 3. The van der Waals surface area contributed by atoms with E-state index in [1.807, 2.05) is 0 Å². The molecule has 0 amide bonds. The van der Waals surface area contributed by atoms with Crippen molar-refractivity contribution < 1.29 is 23.8 Å². The maximum Gasteiger partial charge on any atom is 0.306 e. The fourth-order valence-corrected chi connectivity index (χ4v) is 3.56. The van der Waals surface area contributed by atoms with Crippen molar-refractivity contribution in [1.29, 1.82) is 0 Å². The maximum absolute atomic E-state index is 12.3. The van der Waals surface area contributed by atoms with Crippen LogP contribution in [0, 0.1) is 17.8 Å².